The average molecular weight is 268 g/mol. The van der Waals surface area contributed by atoms with E-state index in [1.54, 1.807) is 0 Å². The molecular formula is C16H16N2O2. The van der Waals surface area contributed by atoms with Crippen LogP contribution in [-0.4, -0.2) is 22.9 Å². The molecule has 102 valence electrons. The van der Waals surface area contributed by atoms with Gasteiger partial charge in [0, 0.05) is 18.2 Å². The average Bonchev–Trinajstić information content (AvgIpc) is 2.78. The summed E-state index contributed by atoms with van der Waals surface area (Å²) in [4.78, 5) is 25.2. The fraction of sp³-hybridized carbons (Fsp3) is 0.250. The molecule has 2 aromatic rings. The number of amides is 3. The number of benzene rings is 2. The molecule has 1 atom stereocenters. The maximum Gasteiger partial charge on any atom is 0.328 e. The highest BCUT2D eigenvalue weighted by molar-refractivity contribution is 6.03. The lowest BCUT2D eigenvalue weighted by atomic mass is 10.1. The van der Waals surface area contributed by atoms with Gasteiger partial charge in [-0.3, -0.25) is 9.69 Å². The van der Waals surface area contributed by atoms with Crippen molar-refractivity contribution < 1.29 is 9.59 Å². The molecule has 1 fully saturated rings. The topological polar surface area (TPSA) is 49.4 Å². The molecule has 0 radical (unpaired) electrons. The van der Waals surface area contributed by atoms with Gasteiger partial charge in [0.1, 0.15) is 0 Å². The van der Waals surface area contributed by atoms with E-state index in [4.69, 9.17) is 0 Å². The van der Waals surface area contributed by atoms with Crippen molar-refractivity contribution in [3.05, 3.63) is 42.5 Å². The zero-order chi connectivity index (χ0) is 14.1. The maximum atomic E-state index is 12.2. The standard InChI is InChI=1S/C16H16N2O2/c1-11-6-9-15(19)18(11)16(20)17-14-8-7-12-4-2-3-5-13(12)10-14/h2-5,7-8,10-11H,6,9H2,1H3,(H,17,20)/t11-/m1/s1. The Morgan fingerprint density at radius 1 is 1.20 bits per heavy atom. The summed E-state index contributed by atoms with van der Waals surface area (Å²) in [6, 6.07) is 13.3. The zero-order valence-corrected chi connectivity index (χ0v) is 11.3. The van der Waals surface area contributed by atoms with Gasteiger partial charge in [0.05, 0.1) is 0 Å². The molecule has 0 spiro atoms. The second-order valence-electron chi connectivity index (χ2n) is 5.14. The summed E-state index contributed by atoms with van der Waals surface area (Å²) in [7, 11) is 0. The van der Waals surface area contributed by atoms with Crippen LogP contribution in [0.2, 0.25) is 0 Å². The molecule has 1 heterocycles. The first-order valence-corrected chi connectivity index (χ1v) is 6.77. The van der Waals surface area contributed by atoms with Crippen LogP contribution in [0.15, 0.2) is 42.5 Å². The normalized spacial score (nSPS) is 18.6. The molecule has 3 rings (SSSR count). The van der Waals surface area contributed by atoms with Gasteiger partial charge in [-0.15, -0.1) is 0 Å². The SMILES string of the molecule is C[C@@H]1CCC(=O)N1C(=O)Nc1ccc2ccccc2c1. The van der Waals surface area contributed by atoms with Gasteiger partial charge >= 0.3 is 6.03 Å². The maximum absolute atomic E-state index is 12.2. The van der Waals surface area contributed by atoms with Crippen molar-refractivity contribution in [3.8, 4) is 0 Å². The van der Waals surface area contributed by atoms with Gasteiger partial charge < -0.3 is 5.32 Å². The van der Waals surface area contributed by atoms with Crippen molar-refractivity contribution in [1.29, 1.82) is 0 Å². The molecule has 1 N–H and O–H groups in total. The Balaban J connectivity index is 1.82. The van der Waals surface area contributed by atoms with E-state index in [1.165, 1.54) is 4.90 Å². The number of hydrogen-bond acceptors (Lipinski definition) is 2. The lowest BCUT2D eigenvalue weighted by molar-refractivity contribution is -0.125. The first kappa shape index (κ1) is 12.7. The van der Waals surface area contributed by atoms with Gasteiger partial charge in [-0.05, 0) is 36.2 Å². The zero-order valence-electron chi connectivity index (χ0n) is 11.3. The summed E-state index contributed by atoms with van der Waals surface area (Å²) in [5.74, 6) is -0.101. The quantitative estimate of drug-likeness (QED) is 0.862. The first-order valence-electron chi connectivity index (χ1n) is 6.77. The molecule has 4 heteroatoms. The van der Waals surface area contributed by atoms with E-state index in [0.717, 1.165) is 17.2 Å². The predicted molar refractivity (Wildman–Crippen MR) is 78.5 cm³/mol. The largest absolute Gasteiger partial charge is 0.328 e. The molecule has 1 aliphatic heterocycles. The van der Waals surface area contributed by atoms with E-state index in [0.29, 0.717) is 12.1 Å². The first-order chi connectivity index (χ1) is 9.65. The molecule has 20 heavy (non-hydrogen) atoms. The van der Waals surface area contributed by atoms with E-state index < -0.39 is 0 Å². The Hall–Kier alpha value is -2.36. The highest BCUT2D eigenvalue weighted by Gasteiger charge is 2.32. The van der Waals surface area contributed by atoms with Crippen LogP contribution < -0.4 is 5.32 Å². The van der Waals surface area contributed by atoms with Crippen LogP contribution in [0, 0.1) is 0 Å². The minimum atomic E-state index is -0.338. The van der Waals surface area contributed by atoms with Gasteiger partial charge in [-0.2, -0.15) is 0 Å². The van der Waals surface area contributed by atoms with Crippen LogP contribution in [0.1, 0.15) is 19.8 Å². The van der Waals surface area contributed by atoms with Crippen LogP contribution in [0.5, 0.6) is 0 Å². The Kier molecular flexibility index (Phi) is 3.14. The fourth-order valence-corrected chi connectivity index (χ4v) is 2.59. The Labute approximate surface area is 117 Å². The number of hydrogen-bond donors (Lipinski definition) is 1. The molecule has 3 amide bonds. The summed E-state index contributed by atoms with van der Waals surface area (Å²) in [6.45, 7) is 1.89. The Morgan fingerprint density at radius 2 is 1.95 bits per heavy atom. The summed E-state index contributed by atoms with van der Waals surface area (Å²) >= 11 is 0. The lowest BCUT2D eigenvalue weighted by Gasteiger charge is -2.20. The molecule has 4 nitrogen and oxygen atoms in total. The number of rotatable bonds is 1. The smallest absolute Gasteiger partial charge is 0.307 e. The summed E-state index contributed by atoms with van der Waals surface area (Å²) in [5, 5.41) is 4.99. The minimum Gasteiger partial charge on any atom is -0.307 e. The van der Waals surface area contributed by atoms with Gasteiger partial charge in [0.25, 0.3) is 0 Å². The summed E-state index contributed by atoms with van der Waals surface area (Å²) in [6.07, 6.45) is 1.19. The third-order valence-electron chi connectivity index (χ3n) is 3.70. The number of carbonyl (C=O) groups is 2. The predicted octanol–water partition coefficient (Wildman–Crippen LogP) is 3.38. The molecule has 0 aromatic heterocycles. The van der Waals surface area contributed by atoms with Crippen LogP contribution >= 0.6 is 0 Å². The fourth-order valence-electron chi connectivity index (χ4n) is 2.59. The minimum absolute atomic E-state index is 0.0250. The number of nitrogens with one attached hydrogen (secondary N) is 1. The molecule has 0 aliphatic carbocycles. The van der Waals surface area contributed by atoms with E-state index in [9.17, 15) is 9.59 Å². The van der Waals surface area contributed by atoms with Crippen molar-refractivity contribution in [3.63, 3.8) is 0 Å². The van der Waals surface area contributed by atoms with Crippen LogP contribution in [0.3, 0.4) is 0 Å². The number of anilines is 1. The van der Waals surface area contributed by atoms with Gasteiger partial charge in [0.15, 0.2) is 0 Å². The van der Waals surface area contributed by atoms with E-state index in [-0.39, 0.29) is 18.0 Å². The lowest BCUT2D eigenvalue weighted by Crippen LogP contribution is -2.40. The Bertz CT molecular complexity index is 681. The molecule has 1 aliphatic rings. The number of fused-ring (bicyclic) bond motifs is 1. The number of imide groups is 1. The third-order valence-corrected chi connectivity index (χ3v) is 3.70. The molecule has 0 unspecified atom stereocenters. The van der Waals surface area contributed by atoms with Crippen LogP contribution in [-0.2, 0) is 4.79 Å². The van der Waals surface area contributed by atoms with E-state index >= 15 is 0 Å². The van der Waals surface area contributed by atoms with Crippen molar-refractivity contribution in [2.45, 2.75) is 25.8 Å². The van der Waals surface area contributed by atoms with Crippen molar-refractivity contribution in [1.82, 2.24) is 4.90 Å². The third kappa shape index (κ3) is 2.25. The van der Waals surface area contributed by atoms with Crippen molar-refractivity contribution >= 4 is 28.4 Å². The van der Waals surface area contributed by atoms with E-state index in [2.05, 4.69) is 5.32 Å². The van der Waals surface area contributed by atoms with Gasteiger partial charge in [0.2, 0.25) is 5.91 Å². The molecule has 0 bridgehead atoms. The summed E-state index contributed by atoms with van der Waals surface area (Å²) in [5.41, 5.74) is 0.709. The second kappa shape index (κ2) is 4.96. The number of carbonyl (C=O) groups excluding carboxylic acids is 2. The number of nitrogens with zero attached hydrogens (tertiary/aromatic N) is 1. The van der Waals surface area contributed by atoms with Gasteiger partial charge in [-0.1, -0.05) is 30.3 Å². The van der Waals surface area contributed by atoms with Crippen LogP contribution in [0.25, 0.3) is 10.8 Å². The molecule has 1 saturated heterocycles. The highest BCUT2D eigenvalue weighted by atomic mass is 16.2. The summed E-state index contributed by atoms with van der Waals surface area (Å²) < 4.78 is 0. The molecule has 2 aromatic carbocycles. The second-order valence-corrected chi connectivity index (χ2v) is 5.14. The van der Waals surface area contributed by atoms with Crippen molar-refractivity contribution in [2.75, 3.05) is 5.32 Å². The monoisotopic (exact) mass is 268 g/mol. The van der Waals surface area contributed by atoms with E-state index in [1.807, 2.05) is 49.4 Å². The Morgan fingerprint density at radius 3 is 2.65 bits per heavy atom. The van der Waals surface area contributed by atoms with Crippen molar-refractivity contribution in [2.24, 2.45) is 0 Å². The molecular weight excluding hydrogens is 252 g/mol. The number of urea groups is 1. The number of likely N-dealkylation sites (tertiary alicyclic amines) is 1. The van der Waals surface area contributed by atoms with Gasteiger partial charge in [-0.25, -0.2) is 4.79 Å². The molecule has 0 saturated carbocycles. The van der Waals surface area contributed by atoms with Crippen LogP contribution in [0.4, 0.5) is 10.5 Å². The highest BCUT2D eigenvalue weighted by Crippen LogP contribution is 2.22.